The minimum absolute atomic E-state index is 0.120. The van der Waals surface area contributed by atoms with E-state index in [1.165, 1.54) is 5.38 Å². The fourth-order valence-electron chi connectivity index (χ4n) is 1.52. The molecule has 0 spiro atoms. The summed E-state index contributed by atoms with van der Waals surface area (Å²) in [6, 6.07) is 8.30. The van der Waals surface area contributed by atoms with Crippen LogP contribution in [0.2, 0.25) is 0 Å². The van der Waals surface area contributed by atoms with Gasteiger partial charge in [0.2, 0.25) is 6.10 Å². The van der Waals surface area contributed by atoms with Gasteiger partial charge in [0.15, 0.2) is 17.1 Å². The number of nitrogen functional groups attached to an aromatic ring is 1. The second-order valence-electron chi connectivity index (χ2n) is 3.90. The van der Waals surface area contributed by atoms with Crippen molar-refractivity contribution in [1.82, 2.24) is 4.98 Å². The van der Waals surface area contributed by atoms with Crippen LogP contribution in [-0.4, -0.2) is 28.1 Å². The number of anilines is 1. The van der Waals surface area contributed by atoms with Gasteiger partial charge in [-0.15, -0.1) is 11.3 Å². The molecule has 0 saturated heterocycles. The number of carbonyl (C=O) groups excluding carboxylic acids is 1. The first-order chi connectivity index (χ1) is 10.1. The lowest BCUT2D eigenvalue weighted by Crippen LogP contribution is -2.15. The topological polar surface area (TPSA) is 115 Å². The number of hydrogen-bond acceptors (Lipinski definition) is 7. The Bertz CT molecular complexity index is 669. The number of aliphatic carboxylic acids is 1. The summed E-state index contributed by atoms with van der Waals surface area (Å²) in [5.74, 6) is -1.21. The Kier molecular flexibility index (Phi) is 4.62. The zero-order valence-corrected chi connectivity index (χ0v) is 11.5. The summed E-state index contributed by atoms with van der Waals surface area (Å²) in [7, 11) is 0. The van der Waals surface area contributed by atoms with Crippen LogP contribution in [0.5, 0.6) is 0 Å². The Morgan fingerprint density at radius 2 is 2.14 bits per heavy atom. The summed E-state index contributed by atoms with van der Waals surface area (Å²) in [6.45, 7) is 0. The van der Waals surface area contributed by atoms with E-state index >= 15 is 0 Å². The minimum atomic E-state index is -1.31. The molecule has 1 aromatic carbocycles. The summed E-state index contributed by atoms with van der Waals surface area (Å²) in [5.41, 5.74) is 6.00. The van der Waals surface area contributed by atoms with Crippen LogP contribution in [0.3, 0.4) is 0 Å². The number of nitrogens with zero attached hydrogens (tertiary/aromatic N) is 2. The molecule has 0 aliphatic heterocycles. The van der Waals surface area contributed by atoms with Gasteiger partial charge >= 0.3 is 5.97 Å². The molecular weight excluding hydrogens is 294 g/mol. The lowest BCUT2D eigenvalue weighted by molar-refractivity contribution is -0.151. The Balaban J connectivity index is 2.23. The van der Waals surface area contributed by atoms with Crippen molar-refractivity contribution in [2.45, 2.75) is 6.10 Å². The van der Waals surface area contributed by atoms with E-state index in [2.05, 4.69) is 10.1 Å². The lowest BCUT2D eigenvalue weighted by Gasteiger charge is -2.10. The number of carboxylic acid groups (broad SMARTS) is 1. The maximum absolute atomic E-state index is 11.2. The Hall–Kier alpha value is -2.74. The van der Waals surface area contributed by atoms with Crippen molar-refractivity contribution in [2.24, 2.45) is 5.16 Å². The predicted octanol–water partition coefficient (Wildman–Crippen LogP) is 1.47. The fraction of sp³-hybridized carbons (Fsp3) is 0.0769. The zero-order chi connectivity index (χ0) is 15.2. The molecule has 2 rings (SSSR count). The van der Waals surface area contributed by atoms with Crippen LogP contribution in [-0.2, 0) is 14.4 Å². The molecule has 0 aliphatic rings. The number of rotatable bonds is 6. The molecule has 0 bridgehead atoms. The first kappa shape index (κ1) is 14.7. The van der Waals surface area contributed by atoms with Gasteiger partial charge in [0, 0.05) is 10.9 Å². The zero-order valence-electron chi connectivity index (χ0n) is 10.7. The molecule has 1 atom stereocenters. The van der Waals surface area contributed by atoms with Gasteiger partial charge in [-0.25, -0.2) is 9.78 Å². The van der Waals surface area contributed by atoms with Crippen molar-refractivity contribution in [2.75, 3.05) is 5.73 Å². The van der Waals surface area contributed by atoms with Gasteiger partial charge in [-0.05, 0) is 0 Å². The van der Waals surface area contributed by atoms with E-state index in [0.717, 1.165) is 11.3 Å². The summed E-state index contributed by atoms with van der Waals surface area (Å²) in [6.07, 6.45) is -0.879. The quantitative estimate of drug-likeness (QED) is 0.474. The Morgan fingerprint density at radius 1 is 1.43 bits per heavy atom. The molecule has 0 radical (unpaired) electrons. The fourth-order valence-corrected chi connectivity index (χ4v) is 2.08. The van der Waals surface area contributed by atoms with E-state index in [4.69, 9.17) is 10.6 Å². The molecule has 2 aromatic rings. The van der Waals surface area contributed by atoms with E-state index in [0.29, 0.717) is 11.8 Å². The third kappa shape index (κ3) is 3.63. The normalized spacial score (nSPS) is 12.7. The maximum atomic E-state index is 11.2. The smallest absolute Gasteiger partial charge is 0.352 e. The average Bonchev–Trinajstić information content (AvgIpc) is 2.90. The van der Waals surface area contributed by atoms with E-state index in [1.807, 2.05) is 0 Å². The van der Waals surface area contributed by atoms with Crippen molar-refractivity contribution in [3.63, 3.8) is 0 Å². The minimum Gasteiger partial charge on any atom is -0.478 e. The van der Waals surface area contributed by atoms with E-state index < -0.39 is 12.1 Å². The van der Waals surface area contributed by atoms with E-state index in [9.17, 15) is 14.7 Å². The second kappa shape index (κ2) is 6.62. The van der Waals surface area contributed by atoms with E-state index in [1.54, 1.807) is 30.3 Å². The number of aromatic nitrogens is 1. The third-order valence-corrected chi connectivity index (χ3v) is 3.15. The van der Waals surface area contributed by atoms with Gasteiger partial charge in [0.1, 0.15) is 5.69 Å². The molecule has 1 heterocycles. The molecule has 0 saturated carbocycles. The molecule has 21 heavy (non-hydrogen) atoms. The number of thiazole rings is 1. The molecule has 0 amide bonds. The number of oxime groups is 1. The maximum Gasteiger partial charge on any atom is 0.352 e. The van der Waals surface area contributed by atoms with E-state index in [-0.39, 0.29) is 16.5 Å². The predicted molar refractivity (Wildman–Crippen MR) is 77.0 cm³/mol. The highest BCUT2D eigenvalue weighted by Gasteiger charge is 2.22. The Labute approximate surface area is 123 Å². The Morgan fingerprint density at radius 3 is 2.67 bits per heavy atom. The SMILES string of the molecule is Nc1nc(C(C=O)=NOC(C(=O)O)c2ccccc2)cs1. The van der Waals surface area contributed by atoms with Gasteiger partial charge in [-0.3, -0.25) is 4.79 Å². The van der Waals surface area contributed by atoms with Crippen molar-refractivity contribution >= 4 is 34.4 Å². The summed E-state index contributed by atoms with van der Waals surface area (Å²) >= 11 is 1.14. The van der Waals surface area contributed by atoms with Gasteiger partial charge in [-0.1, -0.05) is 35.5 Å². The molecule has 7 nitrogen and oxygen atoms in total. The van der Waals surface area contributed by atoms with Crippen LogP contribution >= 0.6 is 11.3 Å². The molecule has 8 heteroatoms. The molecule has 1 aromatic heterocycles. The lowest BCUT2D eigenvalue weighted by atomic mass is 10.1. The first-order valence-corrected chi connectivity index (χ1v) is 6.68. The third-order valence-electron chi connectivity index (χ3n) is 2.48. The number of hydrogen-bond donors (Lipinski definition) is 2. The van der Waals surface area contributed by atoms with Crippen molar-refractivity contribution < 1.29 is 19.5 Å². The molecule has 108 valence electrons. The van der Waals surface area contributed by atoms with Crippen LogP contribution in [0, 0.1) is 0 Å². The highest BCUT2D eigenvalue weighted by Crippen LogP contribution is 2.18. The number of carbonyl (C=O) groups is 2. The molecule has 0 aliphatic carbocycles. The van der Waals surface area contributed by atoms with Crippen LogP contribution in [0.15, 0.2) is 40.9 Å². The summed E-state index contributed by atoms with van der Waals surface area (Å²) < 4.78 is 0. The van der Waals surface area contributed by atoms with Gasteiger partial charge in [0.25, 0.3) is 0 Å². The van der Waals surface area contributed by atoms with Gasteiger partial charge in [-0.2, -0.15) is 0 Å². The van der Waals surface area contributed by atoms with Gasteiger partial charge in [0.05, 0.1) is 0 Å². The highest BCUT2D eigenvalue weighted by atomic mass is 32.1. The van der Waals surface area contributed by atoms with Crippen LogP contribution < -0.4 is 5.73 Å². The standard InChI is InChI=1S/C13H11N3O4S/c14-13-15-10(7-21-13)9(6-17)16-20-11(12(18)19)8-4-2-1-3-5-8/h1-7,11H,(H2,14,15)(H,18,19). The van der Waals surface area contributed by atoms with Crippen LogP contribution in [0.4, 0.5) is 5.13 Å². The van der Waals surface area contributed by atoms with Crippen molar-refractivity contribution in [1.29, 1.82) is 0 Å². The largest absolute Gasteiger partial charge is 0.478 e. The average molecular weight is 305 g/mol. The van der Waals surface area contributed by atoms with Crippen molar-refractivity contribution in [3.8, 4) is 0 Å². The number of nitrogens with two attached hydrogens (primary N) is 1. The molecule has 0 fully saturated rings. The molecular formula is C13H11N3O4S. The van der Waals surface area contributed by atoms with Gasteiger partial charge < -0.3 is 15.7 Å². The second-order valence-corrected chi connectivity index (χ2v) is 4.79. The number of benzene rings is 1. The first-order valence-electron chi connectivity index (χ1n) is 5.80. The number of carboxylic acids is 1. The monoisotopic (exact) mass is 305 g/mol. The summed E-state index contributed by atoms with van der Waals surface area (Å²) in [5, 5.41) is 14.6. The number of aldehydes is 1. The van der Waals surface area contributed by atoms with Crippen LogP contribution in [0.25, 0.3) is 0 Å². The van der Waals surface area contributed by atoms with Crippen LogP contribution in [0.1, 0.15) is 17.4 Å². The highest BCUT2D eigenvalue weighted by molar-refractivity contribution is 7.13. The van der Waals surface area contributed by atoms with Crippen molar-refractivity contribution in [3.05, 3.63) is 47.0 Å². The summed E-state index contributed by atoms with van der Waals surface area (Å²) in [4.78, 5) is 31.1. The molecule has 1 unspecified atom stereocenters. The molecule has 3 N–H and O–H groups in total.